The van der Waals surface area contributed by atoms with Gasteiger partial charge < -0.3 is 10.1 Å². The maximum absolute atomic E-state index is 14.0. The molecule has 0 unspecified atom stereocenters. The Labute approximate surface area is 169 Å². The van der Waals surface area contributed by atoms with E-state index >= 15 is 0 Å². The van der Waals surface area contributed by atoms with Gasteiger partial charge in [-0.15, -0.1) is 0 Å². The zero-order chi connectivity index (χ0) is 22.1. The molecule has 0 spiro atoms. The number of rotatable bonds is 5. The van der Waals surface area contributed by atoms with E-state index in [0.717, 1.165) is 0 Å². The van der Waals surface area contributed by atoms with E-state index in [0.29, 0.717) is 10.5 Å². The number of carbonyl (C=O) groups excluding carboxylic acids is 3. The van der Waals surface area contributed by atoms with Crippen molar-refractivity contribution < 1.29 is 32.3 Å². The van der Waals surface area contributed by atoms with Crippen LogP contribution in [0.25, 0.3) is 0 Å². The minimum atomic E-state index is -5.29. The lowest BCUT2D eigenvalue weighted by atomic mass is 10.0. The molecule has 3 rings (SSSR count). The molecule has 30 heavy (non-hydrogen) atoms. The van der Waals surface area contributed by atoms with Gasteiger partial charge in [0.05, 0.1) is 13.2 Å². The number of imide groups is 1. The molecule has 0 bridgehead atoms. The van der Waals surface area contributed by atoms with Gasteiger partial charge in [-0.1, -0.05) is 36.4 Å². The molecule has 10 heteroatoms. The molecule has 1 fully saturated rings. The number of halogens is 3. The number of benzene rings is 2. The van der Waals surface area contributed by atoms with Crippen LogP contribution in [0.2, 0.25) is 0 Å². The van der Waals surface area contributed by atoms with Gasteiger partial charge in [0.25, 0.3) is 17.5 Å². The lowest BCUT2D eigenvalue weighted by molar-refractivity contribution is -0.200. The van der Waals surface area contributed by atoms with Crippen LogP contribution in [0.5, 0.6) is 5.75 Å². The Morgan fingerprint density at radius 2 is 1.80 bits per heavy atom. The van der Waals surface area contributed by atoms with Crippen molar-refractivity contribution >= 4 is 17.8 Å². The number of ether oxygens (including phenoxy) is 1. The molecule has 158 valence electrons. The summed E-state index contributed by atoms with van der Waals surface area (Å²) in [5.74, 6) is -2.58. The maximum Gasteiger partial charge on any atom is 0.440 e. The van der Waals surface area contributed by atoms with Gasteiger partial charge in [-0.3, -0.25) is 19.8 Å². The van der Waals surface area contributed by atoms with Crippen LogP contribution in [-0.2, 0) is 4.79 Å². The van der Waals surface area contributed by atoms with Gasteiger partial charge in [0, 0.05) is 5.56 Å². The molecular formula is C20H18F3N3O4. The van der Waals surface area contributed by atoms with Crippen LogP contribution in [0.4, 0.5) is 18.0 Å². The summed E-state index contributed by atoms with van der Waals surface area (Å²) in [6.45, 7) is 1.42. The molecular weight excluding hydrogens is 403 g/mol. The first-order valence-corrected chi connectivity index (χ1v) is 8.85. The average molecular weight is 421 g/mol. The molecule has 1 aliphatic heterocycles. The van der Waals surface area contributed by atoms with Crippen molar-refractivity contribution in [2.75, 3.05) is 7.11 Å². The molecule has 2 N–H and O–H groups in total. The fourth-order valence-electron chi connectivity index (χ4n) is 3.13. The van der Waals surface area contributed by atoms with Gasteiger partial charge in [-0.2, -0.15) is 13.2 Å². The van der Waals surface area contributed by atoms with Crippen LogP contribution in [0.15, 0.2) is 54.6 Å². The Hall–Kier alpha value is -3.56. The van der Waals surface area contributed by atoms with Gasteiger partial charge in [-0.25, -0.2) is 4.79 Å². The van der Waals surface area contributed by atoms with E-state index in [4.69, 9.17) is 4.74 Å². The van der Waals surface area contributed by atoms with Crippen LogP contribution in [0.1, 0.15) is 28.9 Å². The lowest BCUT2D eigenvalue weighted by Gasteiger charge is -2.30. The molecule has 2 atom stereocenters. The summed E-state index contributed by atoms with van der Waals surface area (Å²) in [6.07, 6.45) is -5.29. The summed E-state index contributed by atoms with van der Waals surface area (Å²) in [7, 11) is 1.33. The third-order valence-electron chi connectivity index (χ3n) is 4.78. The highest BCUT2D eigenvalue weighted by molar-refractivity contribution is 6.10. The molecule has 4 amide bonds. The first-order valence-electron chi connectivity index (χ1n) is 8.85. The van der Waals surface area contributed by atoms with E-state index in [2.05, 4.69) is 0 Å². The fourth-order valence-corrected chi connectivity index (χ4v) is 3.13. The van der Waals surface area contributed by atoms with Crippen molar-refractivity contribution in [2.24, 2.45) is 0 Å². The van der Waals surface area contributed by atoms with Crippen molar-refractivity contribution in [3.05, 3.63) is 65.7 Å². The third-order valence-corrected chi connectivity index (χ3v) is 4.78. The van der Waals surface area contributed by atoms with Crippen LogP contribution < -0.4 is 15.4 Å². The number of carbonyl (C=O) groups is 3. The first kappa shape index (κ1) is 21.2. The number of amides is 4. The number of urea groups is 1. The predicted octanol–water partition coefficient (Wildman–Crippen LogP) is 3.00. The van der Waals surface area contributed by atoms with Gasteiger partial charge >= 0.3 is 12.2 Å². The molecule has 0 radical (unpaired) electrons. The lowest BCUT2D eigenvalue weighted by Crippen LogP contribution is -2.69. The second kappa shape index (κ2) is 7.69. The van der Waals surface area contributed by atoms with E-state index in [9.17, 15) is 27.6 Å². The molecule has 7 nitrogen and oxygen atoms in total. The number of nitrogens with zero attached hydrogens (tertiary/aromatic N) is 1. The molecule has 0 aliphatic carbocycles. The highest BCUT2D eigenvalue weighted by Gasteiger charge is 2.69. The Morgan fingerprint density at radius 1 is 1.13 bits per heavy atom. The molecule has 1 aliphatic rings. The standard InChI is InChI=1S/C20H18F3N3O4/c1-12(13-7-4-3-5-8-13)26-17(28)19(20(21,22)23,25-18(26)29)24-16(27)14-9-6-10-15(11-14)30-2/h3-12H,1-2H3,(H,24,27)(H,25,29)/t12-,19-/m0/s1. The van der Waals surface area contributed by atoms with E-state index in [1.54, 1.807) is 41.0 Å². The zero-order valence-corrected chi connectivity index (χ0v) is 16.0. The second-order valence-corrected chi connectivity index (χ2v) is 6.63. The van der Waals surface area contributed by atoms with Gasteiger partial charge in [0.15, 0.2) is 0 Å². The smallest absolute Gasteiger partial charge is 0.440 e. The molecule has 0 saturated carbocycles. The van der Waals surface area contributed by atoms with Crippen molar-refractivity contribution in [1.29, 1.82) is 0 Å². The van der Waals surface area contributed by atoms with Crippen molar-refractivity contribution in [3.8, 4) is 5.75 Å². The Bertz CT molecular complexity index is 981. The first-order chi connectivity index (χ1) is 14.1. The molecule has 2 aromatic rings. The summed E-state index contributed by atoms with van der Waals surface area (Å²) in [4.78, 5) is 38.3. The molecule has 0 aromatic heterocycles. The number of nitrogens with one attached hydrogen (secondary N) is 2. The third kappa shape index (κ3) is 3.56. The largest absolute Gasteiger partial charge is 0.497 e. The molecule has 1 heterocycles. The SMILES string of the molecule is COc1cccc(C(=O)N[C@]2(C(F)(F)F)NC(=O)N([C@@H](C)c3ccccc3)C2=O)c1. The van der Waals surface area contributed by atoms with E-state index in [1.807, 2.05) is 0 Å². The summed E-state index contributed by atoms with van der Waals surface area (Å²) < 4.78 is 47.0. The highest BCUT2D eigenvalue weighted by atomic mass is 19.4. The number of hydrogen-bond donors (Lipinski definition) is 2. The van der Waals surface area contributed by atoms with E-state index in [1.165, 1.54) is 38.3 Å². The fraction of sp³-hybridized carbons (Fsp3) is 0.250. The average Bonchev–Trinajstić information content (AvgIpc) is 2.98. The highest BCUT2D eigenvalue weighted by Crippen LogP contribution is 2.37. The van der Waals surface area contributed by atoms with Crippen LogP contribution in [0.3, 0.4) is 0 Å². The number of alkyl halides is 3. The van der Waals surface area contributed by atoms with Crippen LogP contribution >= 0.6 is 0 Å². The van der Waals surface area contributed by atoms with Gasteiger partial charge in [0.2, 0.25) is 0 Å². The van der Waals surface area contributed by atoms with Crippen LogP contribution in [-0.4, -0.2) is 41.7 Å². The van der Waals surface area contributed by atoms with Gasteiger partial charge in [-0.05, 0) is 30.7 Å². The molecule has 2 aromatic carbocycles. The zero-order valence-electron chi connectivity index (χ0n) is 16.0. The van der Waals surface area contributed by atoms with E-state index < -0.39 is 35.7 Å². The Morgan fingerprint density at radius 3 is 2.40 bits per heavy atom. The number of methoxy groups -OCH3 is 1. The van der Waals surface area contributed by atoms with Crippen molar-refractivity contribution in [1.82, 2.24) is 15.5 Å². The van der Waals surface area contributed by atoms with Crippen LogP contribution in [0, 0.1) is 0 Å². The Kier molecular flexibility index (Phi) is 5.43. The minimum absolute atomic E-state index is 0.172. The normalized spacial score (nSPS) is 20.0. The van der Waals surface area contributed by atoms with Crippen molar-refractivity contribution in [2.45, 2.75) is 24.8 Å². The summed E-state index contributed by atoms with van der Waals surface area (Å²) >= 11 is 0. The van der Waals surface area contributed by atoms with Gasteiger partial charge in [0.1, 0.15) is 5.75 Å². The summed E-state index contributed by atoms with van der Waals surface area (Å²) in [5, 5.41) is 3.31. The second-order valence-electron chi connectivity index (χ2n) is 6.63. The minimum Gasteiger partial charge on any atom is -0.497 e. The topological polar surface area (TPSA) is 87.7 Å². The summed E-state index contributed by atoms with van der Waals surface area (Å²) in [6, 6.07) is 11.2. The van der Waals surface area contributed by atoms with Crippen molar-refractivity contribution in [3.63, 3.8) is 0 Å². The quantitative estimate of drug-likeness (QED) is 0.727. The predicted molar refractivity (Wildman–Crippen MR) is 99.5 cm³/mol. The monoisotopic (exact) mass is 421 g/mol. The maximum atomic E-state index is 14.0. The number of hydrogen-bond acceptors (Lipinski definition) is 4. The van der Waals surface area contributed by atoms with E-state index in [-0.39, 0.29) is 11.3 Å². The Balaban J connectivity index is 1.96. The molecule has 1 saturated heterocycles. The summed E-state index contributed by atoms with van der Waals surface area (Å²) in [5.41, 5.74) is -3.31.